The van der Waals surface area contributed by atoms with Crippen molar-refractivity contribution in [3.05, 3.63) is 66.0 Å². The SMILES string of the molecule is CC(=O)Nc1cccc(Nc2ncc3c(C)nc(-c4cccc(C(F)(F)F)c4)n3n2)c1. The first kappa shape index (κ1) is 20.3. The van der Waals surface area contributed by atoms with E-state index in [0.717, 1.165) is 12.1 Å². The zero-order chi connectivity index (χ0) is 22.2. The second kappa shape index (κ2) is 7.71. The molecule has 7 nitrogen and oxygen atoms in total. The van der Waals surface area contributed by atoms with Crippen molar-refractivity contribution >= 4 is 28.7 Å². The van der Waals surface area contributed by atoms with Crippen LogP contribution < -0.4 is 10.6 Å². The number of fused-ring (bicyclic) bond motifs is 1. The third kappa shape index (κ3) is 4.32. The van der Waals surface area contributed by atoms with Crippen molar-refractivity contribution in [3.8, 4) is 11.4 Å². The van der Waals surface area contributed by atoms with Crippen LogP contribution in [0.15, 0.2) is 54.7 Å². The van der Waals surface area contributed by atoms with E-state index in [0.29, 0.717) is 22.6 Å². The summed E-state index contributed by atoms with van der Waals surface area (Å²) in [5, 5.41) is 10.1. The number of carbonyl (C=O) groups excluding carboxylic acids is 1. The van der Waals surface area contributed by atoms with E-state index < -0.39 is 11.7 Å². The summed E-state index contributed by atoms with van der Waals surface area (Å²) in [7, 11) is 0. The van der Waals surface area contributed by atoms with E-state index in [1.165, 1.54) is 17.5 Å². The topological polar surface area (TPSA) is 84.2 Å². The third-order valence-electron chi connectivity index (χ3n) is 4.46. The highest BCUT2D eigenvalue weighted by molar-refractivity contribution is 5.89. The number of nitrogens with zero attached hydrogens (tertiary/aromatic N) is 4. The maximum absolute atomic E-state index is 13.1. The lowest BCUT2D eigenvalue weighted by Gasteiger charge is -2.09. The molecule has 0 spiro atoms. The monoisotopic (exact) mass is 426 g/mol. The van der Waals surface area contributed by atoms with Crippen LogP contribution in [0.5, 0.6) is 0 Å². The largest absolute Gasteiger partial charge is 0.416 e. The molecule has 0 saturated carbocycles. The molecule has 2 aromatic carbocycles. The van der Waals surface area contributed by atoms with Crippen molar-refractivity contribution in [2.45, 2.75) is 20.0 Å². The van der Waals surface area contributed by atoms with Gasteiger partial charge in [-0.15, -0.1) is 5.10 Å². The molecular formula is C21H17F3N6O. The summed E-state index contributed by atoms with van der Waals surface area (Å²) in [4.78, 5) is 19.9. The number of hydrogen-bond donors (Lipinski definition) is 2. The summed E-state index contributed by atoms with van der Waals surface area (Å²) >= 11 is 0. The van der Waals surface area contributed by atoms with Gasteiger partial charge in [-0.25, -0.2) is 14.5 Å². The van der Waals surface area contributed by atoms with E-state index in [-0.39, 0.29) is 23.2 Å². The van der Waals surface area contributed by atoms with Crippen LogP contribution in [-0.2, 0) is 11.0 Å². The molecule has 2 heterocycles. The van der Waals surface area contributed by atoms with Crippen LogP contribution in [0.4, 0.5) is 30.5 Å². The Hall–Kier alpha value is -3.95. The number of carbonyl (C=O) groups is 1. The zero-order valence-electron chi connectivity index (χ0n) is 16.5. The molecule has 0 unspecified atom stereocenters. The number of alkyl halides is 3. The van der Waals surface area contributed by atoms with Crippen molar-refractivity contribution in [1.29, 1.82) is 0 Å². The molecule has 0 saturated heterocycles. The minimum absolute atomic E-state index is 0.200. The number of anilines is 3. The molecular weight excluding hydrogens is 409 g/mol. The Morgan fingerprint density at radius 3 is 2.55 bits per heavy atom. The fourth-order valence-corrected chi connectivity index (χ4v) is 3.11. The van der Waals surface area contributed by atoms with Gasteiger partial charge in [-0.1, -0.05) is 18.2 Å². The predicted octanol–water partition coefficient (Wildman–Crippen LogP) is 4.82. The lowest BCUT2D eigenvalue weighted by Crippen LogP contribution is -2.07. The fourth-order valence-electron chi connectivity index (χ4n) is 3.11. The number of amides is 1. The minimum atomic E-state index is -4.46. The van der Waals surface area contributed by atoms with Gasteiger partial charge in [-0.2, -0.15) is 13.2 Å². The molecule has 158 valence electrons. The van der Waals surface area contributed by atoms with E-state index >= 15 is 0 Å². The van der Waals surface area contributed by atoms with Gasteiger partial charge >= 0.3 is 6.18 Å². The Morgan fingerprint density at radius 2 is 1.81 bits per heavy atom. The summed E-state index contributed by atoms with van der Waals surface area (Å²) < 4.78 is 40.9. The van der Waals surface area contributed by atoms with Gasteiger partial charge in [0.15, 0.2) is 5.82 Å². The van der Waals surface area contributed by atoms with E-state index in [9.17, 15) is 18.0 Å². The smallest absolute Gasteiger partial charge is 0.326 e. The lowest BCUT2D eigenvalue weighted by molar-refractivity contribution is -0.137. The van der Waals surface area contributed by atoms with Crippen molar-refractivity contribution in [3.63, 3.8) is 0 Å². The standard InChI is InChI=1S/C21H17F3N6O/c1-12-18-11-25-20(28-17-8-4-7-16(10-17)27-13(2)31)29-30(18)19(26-12)14-5-3-6-15(9-14)21(22,23)24/h3-11H,1-2H3,(H,27,31)(H,28,29). The summed E-state index contributed by atoms with van der Waals surface area (Å²) in [6.07, 6.45) is -2.91. The van der Waals surface area contributed by atoms with Crippen molar-refractivity contribution < 1.29 is 18.0 Å². The van der Waals surface area contributed by atoms with Crippen LogP contribution in [0, 0.1) is 6.92 Å². The highest BCUT2D eigenvalue weighted by Gasteiger charge is 2.30. The number of nitrogens with one attached hydrogen (secondary N) is 2. The summed E-state index contributed by atoms with van der Waals surface area (Å²) in [6, 6.07) is 11.9. The number of imidazole rings is 1. The molecule has 0 fully saturated rings. The average molecular weight is 426 g/mol. The van der Waals surface area contributed by atoms with Crippen LogP contribution in [0.2, 0.25) is 0 Å². The molecule has 0 aliphatic heterocycles. The Labute approximate surface area is 175 Å². The van der Waals surface area contributed by atoms with Gasteiger partial charge in [-0.05, 0) is 37.3 Å². The first-order valence-corrected chi connectivity index (χ1v) is 9.25. The molecule has 4 rings (SSSR count). The summed E-state index contributed by atoms with van der Waals surface area (Å²) in [5.41, 5.74) is 1.91. The zero-order valence-corrected chi connectivity index (χ0v) is 16.5. The summed E-state index contributed by atoms with van der Waals surface area (Å²) in [5.74, 6) is 0.295. The first-order valence-electron chi connectivity index (χ1n) is 9.25. The second-order valence-corrected chi connectivity index (χ2v) is 6.87. The van der Waals surface area contributed by atoms with Gasteiger partial charge in [0.05, 0.1) is 17.5 Å². The molecule has 1 amide bonds. The number of aromatic nitrogens is 4. The first-order chi connectivity index (χ1) is 14.7. The maximum Gasteiger partial charge on any atom is 0.416 e. The Kier molecular flexibility index (Phi) is 5.05. The number of aryl methyl sites for hydroxylation is 1. The van der Waals surface area contributed by atoms with E-state index in [1.54, 1.807) is 43.5 Å². The molecule has 10 heteroatoms. The highest BCUT2D eigenvalue weighted by atomic mass is 19.4. The van der Waals surface area contributed by atoms with E-state index in [4.69, 9.17) is 0 Å². The molecule has 0 aliphatic carbocycles. The Bertz CT molecular complexity index is 1280. The quantitative estimate of drug-likeness (QED) is 0.489. The third-order valence-corrected chi connectivity index (χ3v) is 4.46. The Morgan fingerprint density at radius 1 is 1.06 bits per heavy atom. The van der Waals surface area contributed by atoms with Crippen LogP contribution in [-0.4, -0.2) is 25.5 Å². The highest BCUT2D eigenvalue weighted by Crippen LogP contribution is 2.32. The number of rotatable bonds is 4. The van der Waals surface area contributed by atoms with Gasteiger partial charge in [0.1, 0.15) is 5.52 Å². The second-order valence-electron chi connectivity index (χ2n) is 6.87. The molecule has 4 aromatic rings. The van der Waals surface area contributed by atoms with Gasteiger partial charge in [-0.3, -0.25) is 4.79 Å². The predicted molar refractivity (Wildman–Crippen MR) is 110 cm³/mol. The molecule has 0 atom stereocenters. The van der Waals surface area contributed by atoms with Crippen LogP contribution in [0.1, 0.15) is 18.2 Å². The van der Waals surface area contributed by atoms with Gasteiger partial charge in [0, 0.05) is 23.9 Å². The van der Waals surface area contributed by atoms with Crippen molar-refractivity contribution in [2.75, 3.05) is 10.6 Å². The molecule has 0 bridgehead atoms. The molecule has 31 heavy (non-hydrogen) atoms. The van der Waals surface area contributed by atoms with Crippen LogP contribution in [0.25, 0.3) is 16.9 Å². The average Bonchev–Trinajstić information content (AvgIpc) is 3.03. The van der Waals surface area contributed by atoms with E-state index in [1.807, 2.05) is 0 Å². The van der Waals surface area contributed by atoms with E-state index in [2.05, 4.69) is 25.7 Å². The lowest BCUT2D eigenvalue weighted by atomic mass is 10.1. The van der Waals surface area contributed by atoms with Crippen LogP contribution in [0.3, 0.4) is 0 Å². The van der Waals surface area contributed by atoms with Gasteiger partial charge in [0.2, 0.25) is 11.9 Å². The fraction of sp³-hybridized carbons (Fsp3) is 0.143. The molecule has 0 radical (unpaired) electrons. The summed E-state index contributed by atoms with van der Waals surface area (Å²) in [6.45, 7) is 3.15. The molecule has 2 aromatic heterocycles. The number of halogens is 3. The van der Waals surface area contributed by atoms with Crippen molar-refractivity contribution in [1.82, 2.24) is 19.6 Å². The maximum atomic E-state index is 13.1. The van der Waals surface area contributed by atoms with Gasteiger partial charge in [0.25, 0.3) is 0 Å². The van der Waals surface area contributed by atoms with Crippen molar-refractivity contribution in [2.24, 2.45) is 0 Å². The normalized spacial score (nSPS) is 11.5. The van der Waals surface area contributed by atoms with Crippen LogP contribution >= 0.6 is 0 Å². The number of hydrogen-bond acceptors (Lipinski definition) is 5. The van der Waals surface area contributed by atoms with Gasteiger partial charge < -0.3 is 10.6 Å². The Balaban J connectivity index is 1.73. The molecule has 0 aliphatic rings. The molecule has 2 N–H and O–H groups in total. The number of benzene rings is 2. The minimum Gasteiger partial charge on any atom is -0.326 e.